The molecule has 6 heteroatoms. The van der Waals surface area contributed by atoms with E-state index in [0.29, 0.717) is 6.54 Å². The van der Waals surface area contributed by atoms with E-state index in [9.17, 15) is 0 Å². The van der Waals surface area contributed by atoms with E-state index in [2.05, 4.69) is 34.2 Å². The predicted octanol–water partition coefficient (Wildman–Crippen LogP) is 2.46. The van der Waals surface area contributed by atoms with Crippen molar-refractivity contribution in [1.29, 1.82) is 0 Å². The summed E-state index contributed by atoms with van der Waals surface area (Å²) in [6.45, 7) is 0.687. The van der Waals surface area contributed by atoms with Crippen LogP contribution in [0.5, 0.6) is 0 Å². The Labute approximate surface area is 119 Å². The Hall–Kier alpha value is -1.23. The predicted molar refractivity (Wildman–Crippen MR) is 75.7 cm³/mol. The minimum atomic E-state index is 0.00990. The number of fused-ring (bicyclic) bond motifs is 1. The van der Waals surface area contributed by atoms with Crippen LogP contribution < -0.4 is 5.32 Å². The van der Waals surface area contributed by atoms with Crippen LogP contribution in [-0.4, -0.2) is 27.9 Å². The van der Waals surface area contributed by atoms with Crippen molar-refractivity contribution in [2.75, 3.05) is 5.32 Å². The van der Waals surface area contributed by atoms with Gasteiger partial charge < -0.3 is 0 Å². The second kappa shape index (κ2) is 5.18. The molecule has 0 fully saturated rings. The van der Waals surface area contributed by atoms with E-state index in [-0.39, 0.29) is 15.0 Å². The molecular weight excluding hydrogens is 359 g/mol. The summed E-state index contributed by atoms with van der Waals surface area (Å²) in [5.74, 6) is 0. The second-order valence-corrected chi connectivity index (χ2v) is 5.78. The van der Waals surface area contributed by atoms with E-state index < -0.39 is 0 Å². The van der Waals surface area contributed by atoms with Gasteiger partial charge in [-0.15, -0.1) is 0 Å². The van der Waals surface area contributed by atoms with Crippen molar-refractivity contribution in [3.63, 3.8) is 0 Å². The Balaban J connectivity index is 1.80. The first-order valence-corrected chi connectivity index (χ1v) is 7.71. The first-order valence-electron chi connectivity index (χ1n) is 5.38. The van der Waals surface area contributed by atoms with Gasteiger partial charge in [-0.05, 0) is 0 Å². The molecule has 0 aliphatic carbocycles. The first kappa shape index (κ1) is 11.8. The zero-order valence-corrected chi connectivity index (χ0v) is 12.6. The summed E-state index contributed by atoms with van der Waals surface area (Å²) in [7, 11) is 0. The van der Waals surface area contributed by atoms with Crippen LogP contribution in [0.4, 0.5) is 5.69 Å². The van der Waals surface area contributed by atoms with Gasteiger partial charge in [0.2, 0.25) is 0 Å². The third kappa shape index (κ3) is 2.46. The SMILES string of the molecule is Brc1ccc(CNc2cccc3n[se]nc23)nc1. The Bertz CT molecular complexity index is 665. The van der Waals surface area contributed by atoms with Gasteiger partial charge in [0.15, 0.2) is 0 Å². The summed E-state index contributed by atoms with van der Waals surface area (Å²) in [4.78, 5) is 4.33. The molecule has 1 N–H and O–H groups in total. The number of nitrogens with zero attached hydrogens (tertiary/aromatic N) is 3. The molecule has 2 aromatic heterocycles. The molecule has 90 valence electrons. The van der Waals surface area contributed by atoms with Gasteiger partial charge in [0.1, 0.15) is 0 Å². The molecule has 0 aliphatic heterocycles. The molecule has 0 amide bonds. The maximum absolute atomic E-state index is 4.43. The minimum absolute atomic E-state index is 0.00990. The van der Waals surface area contributed by atoms with Crippen LogP contribution in [0.15, 0.2) is 41.0 Å². The molecule has 0 aliphatic rings. The number of anilines is 1. The van der Waals surface area contributed by atoms with Crippen molar-refractivity contribution in [3.8, 4) is 0 Å². The fraction of sp³-hybridized carbons (Fsp3) is 0.0833. The number of aromatic nitrogens is 3. The van der Waals surface area contributed by atoms with Gasteiger partial charge in [-0.1, -0.05) is 0 Å². The van der Waals surface area contributed by atoms with Crippen molar-refractivity contribution in [2.24, 2.45) is 0 Å². The Kier molecular flexibility index (Phi) is 3.41. The molecule has 0 bridgehead atoms. The third-order valence-corrected chi connectivity index (χ3v) is 4.14. The van der Waals surface area contributed by atoms with Crippen LogP contribution in [0.3, 0.4) is 0 Å². The van der Waals surface area contributed by atoms with Crippen LogP contribution in [0, 0.1) is 0 Å². The topological polar surface area (TPSA) is 50.7 Å². The van der Waals surface area contributed by atoms with Crippen molar-refractivity contribution in [1.82, 2.24) is 12.9 Å². The average Bonchev–Trinajstić information content (AvgIpc) is 2.87. The zero-order valence-electron chi connectivity index (χ0n) is 9.30. The molecular formula is C12H9BrN4Se. The van der Waals surface area contributed by atoms with Crippen LogP contribution >= 0.6 is 15.9 Å². The number of hydrogen-bond acceptors (Lipinski definition) is 4. The van der Waals surface area contributed by atoms with Gasteiger partial charge in [0, 0.05) is 0 Å². The summed E-state index contributed by atoms with van der Waals surface area (Å²) in [6, 6.07) is 10.00. The summed E-state index contributed by atoms with van der Waals surface area (Å²) >= 11 is 3.38. The second-order valence-electron chi connectivity index (χ2n) is 3.76. The molecule has 0 radical (unpaired) electrons. The third-order valence-electron chi connectivity index (χ3n) is 2.53. The van der Waals surface area contributed by atoms with Crippen molar-refractivity contribution in [3.05, 3.63) is 46.7 Å². The maximum atomic E-state index is 4.43. The van der Waals surface area contributed by atoms with Gasteiger partial charge in [0.05, 0.1) is 0 Å². The van der Waals surface area contributed by atoms with E-state index in [1.807, 2.05) is 30.3 Å². The van der Waals surface area contributed by atoms with Crippen LogP contribution in [0.25, 0.3) is 11.0 Å². The average molecular weight is 368 g/mol. The van der Waals surface area contributed by atoms with Gasteiger partial charge in [-0.2, -0.15) is 0 Å². The number of nitrogens with one attached hydrogen (secondary N) is 1. The Morgan fingerprint density at radius 3 is 2.94 bits per heavy atom. The monoisotopic (exact) mass is 368 g/mol. The summed E-state index contributed by atoms with van der Waals surface area (Å²) in [6.07, 6.45) is 1.80. The molecule has 3 rings (SSSR count). The molecule has 1 aromatic carbocycles. The number of pyridine rings is 1. The number of benzene rings is 1. The molecule has 0 atom stereocenters. The van der Waals surface area contributed by atoms with E-state index in [0.717, 1.165) is 26.9 Å². The molecule has 0 saturated carbocycles. The quantitative estimate of drug-likeness (QED) is 0.722. The van der Waals surface area contributed by atoms with Gasteiger partial charge in [-0.3, -0.25) is 0 Å². The van der Waals surface area contributed by atoms with Crippen LogP contribution in [0.2, 0.25) is 0 Å². The van der Waals surface area contributed by atoms with Crippen LogP contribution in [0.1, 0.15) is 5.69 Å². The summed E-state index contributed by atoms with van der Waals surface area (Å²) in [5, 5.41) is 3.36. The van der Waals surface area contributed by atoms with E-state index >= 15 is 0 Å². The molecule has 2 heterocycles. The van der Waals surface area contributed by atoms with Crippen molar-refractivity contribution < 1.29 is 0 Å². The van der Waals surface area contributed by atoms with Gasteiger partial charge in [-0.25, -0.2) is 0 Å². The zero-order chi connectivity index (χ0) is 12.4. The van der Waals surface area contributed by atoms with Gasteiger partial charge in [0.25, 0.3) is 0 Å². The fourth-order valence-electron chi connectivity index (χ4n) is 1.65. The Morgan fingerprint density at radius 1 is 1.17 bits per heavy atom. The molecule has 4 nitrogen and oxygen atoms in total. The standard InChI is InChI=1S/C12H9BrN4Se/c13-8-4-5-9(14-6-8)7-15-10-2-1-3-11-12(10)17-18-16-11/h1-6,15H,7H2. The van der Waals surface area contributed by atoms with Crippen LogP contribution in [-0.2, 0) is 6.54 Å². The van der Waals surface area contributed by atoms with Crippen molar-refractivity contribution in [2.45, 2.75) is 6.54 Å². The van der Waals surface area contributed by atoms with E-state index in [1.165, 1.54) is 0 Å². The summed E-state index contributed by atoms with van der Waals surface area (Å²) in [5.41, 5.74) is 4.00. The fourth-order valence-corrected chi connectivity index (χ4v) is 3.03. The first-order chi connectivity index (χ1) is 8.83. The van der Waals surface area contributed by atoms with Gasteiger partial charge >= 0.3 is 119 Å². The molecule has 0 spiro atoms. The number of hydrogen-bond donors (Lipinski definition) is 1. The van der Waals surface area contributed by atoms with E-state index in [1.54, 1.807) is 6.20 Å². The molecule has 18 heavy (non-hydrogen) atoms. The number of rotatable bonds is 3. The summed E-state index contributed by atoms with van der Waals surface area (Å²) < 4.78 is 9.78. The molecule has 0 unspecified atom stereocenters. The van der Waals surface area contributed by atoms with E-state index in [4.69, 9.17) is 0 Å². The molecule has 3 aromatic rings. The normalized spacial score (nSPS) is 10.7. The molecule has 0 saturated heterocycles. The Morgan fingerprint density at radius 2 is 2.11 bits per heavy atom. The number of halogens is 1. The van der Waals surface area contributed by atoms with Crippen molar-refractivity contribution >= 4 is 47.6 Å².